The van der Waals surface area contributed by atoms with Gasteiger partial charge in [-0.2, -0.15) is 5.10 Å². The largest absolute Gasteiger partial charge is 0.344 e. The number of piperidine rings is 1. The van der Waals surface area contributed by atoms with Gasteiger partial charge in [0.05, 0.1) is 17.1 Å². The van der Waals surface area contributed by atoms with E-state index in [0.29, 0.717) is 33.9 Å². The van der Waals surface area contributed by atoms with Crippen molar-refractivity contribution in [3.05, 3.63) is 106 Å². The molecule has 5 aromatic rings. The number of benzene rings is 2. The normalized spacial score (nSPS) is 15.0. The van der Waals surface area contributed by atoms with Crippen LogP contribution in [0.3, 0.4) is 0 Å². The maximum atomic E-state index is 14.3. The standard InChI is InChI=1S/C33H32N6O2/c1-22(35-32(40)29-23(2)36-38-18-8-17-34-31(29)38)28-21-26-10-7-9-25(14-13-24-15-19-37(3)20-16-24)30(26)33(41)39(28)27-11-5-4-6-12-27/h4-12,17-18,21-22,24H,15-16,19-20H2,1-3H3,(H,35,40)/t22-/m1/s1. The van der Waals surface area contributed by atoms with Crippen LogP contribution in [0.15, 0.2) is 77.9 Å². The monoisotopic (exact) mass is 544 g/mol. The fourth-order valence-electron chi connectivity index (χ4n) is 5.59. The van der Waals surface area contributed by atoms with Gasteiger partial charge in [0.1, 0.15) is 5.56 Å². The van der Waals surface area contributed by atoms with Gasteiger partial charge >= 0.3 is 0 Å². The first-order chi connectivity index (χ1) is 19.9. The van der Waals surface area contributed by atoms with E-state index in [-0.39, 0.29) is 11.5 Å². The summed E-state index contributed by atoms with van der Waals surface area (Å²) >= 11 is 0. The molecule has 3 aromatic heterocycles. The highest BCUT2D eigenvalue weighted by molar-refractivity contribution is 6.01. The number of amides is 1. The molecule has 1 N–H and O–H groups in total. The van der Waals surface area contributed by atoms with Crippen molar-refractivity contribution in [1.29, 1.82) is 0 Å². The fourth-order valence-corrected chi connectivity index (χ4v) is 5.59. The average molecular weight is 545 g/mol. The third-order valence-corrected chi connectivity index (χ3v) is 7.81. The molecule has 0 unspecified atom stereocenters. The molecule has 0 bridgehead atoms. The van der Waals surface area contributed by atoms with Crippen molar-refractivity contribution in [2.75, 3.05) is 20.1 Å². The van der Waals surface area contributed by atoms with E-state index in [1.54, 1.807) is 34.5 Å². The molecule has 0 saturated carbocycles. The molecule has 8 nitrogen and oxygen atoms in total. The summed E-state index contributed by atoms with van der Waals surface area (Å²) < 4.78 is 3.29. The molecule has 1 atom stereocenters. The minimum atomic E-state index is -0.494. The Hall–Kier alpha value is -4.74. The predicted octanol–water partition coefficient (Wildman–Crippen LogP) is 4.53. The highest BCUT2D eigenvalue weighted by Crippen LogP contribution is 2.24. The summed E-state index contributed by atoms with van der Waals surface area (Å²) in [5, 5.41) is 8.90. The lowest BCUT2D eigenvalue weighted by Crippen LogP contribution is -2.32. The van der Waals surface area contributed by atoms with Crippen molar-refractivity contribution in [3.8, 4) is 17.5 Å². The number of nitrogens with one attached hydrogen (secondary N) is 1. The number of aryl methyl sites for hydroxylation is 1. The van der Waals surface area contributed by atoms with Gasteiger partial charge in [0.15, 0.2) is 5.65 Å². The molecular formula is C33H32N6O2. The maximum absolute atomic E-state index is 14.3. The number of nitrogens with zero attached hydrogens (tertiary/aromatic N) is 5. The molecule has 1 aliphatic rings. The van der Waals surface area contributed by atoms with Crippen LogP contribution in [-0.4, -0.2) is 50.1 Å². The predicted molar refractivity (Wildman–Crippen MR) is 160 cm³/mol. The van der Waals surface area contributed by atoms with Crippen LogP contribution in [0.5, 0.6) is 0 Å². The van der Waals surface area contributed by atoms with Gasteiger partial charge < -0.3 is 10.2 Å². The lowest BCUT2D eigenvalue weighted by atomic mass is 9.96. The van der Waals surface area contributed by atoms with E-state index >= 15 is 0 Å². The zero-order chi connectivity index (χ0) is 28.5. The zero-order valence-corrected chi connectivity index (χ0v) is 23.5. The Balaban J connectivity index is 1.43. The lowest BCUT2D eigenvalue weighted by Gasteiger charge is -2.25. The Morgan fingerprint density at radius 3 is 2.63 bits per heavy atom. The number of pyridine rings is 1. The Labute approximate surface area is 238 Å². The van der Waals surface area contributed by atoms with E-state index in [4.69, 9.17) is 0 Å². The number of hydrogen-bond donors (Lipinski definition) is 1. The molecule has 41 heavy (non-hydrogen) atoms. The van der Waals surface area contributed by atoms with Crippen LogP contribution in [0.2, 0.25) is 0 Å². The molecule has 2 aromatic carbocycles. The Kier molecular flexibility index (Phi) is 7.12. The Morgan fingerprint density at radius 2 is 1.85 bits per heavy atom. The molecule has 0 radical (unpaired) electrons. The lowest BCUT2D eigenvalue weighted by molar-refractivity contribution is 0.0939. The number of carbonyl (C=O) groups is 1. The molecule has 1 fully saturated rings. The number of hydrogen-bond acceptors (Lipinski definition) is 5. The third-order valence-electron chi connectivity index (χ3n) is 7.81. The highest BCUT2D eigenvalue weighted by atomic mass is 16.2. The first kappa shape index (κ1) is 26.5. The van der Waals surface area contributed by atoms with Crippen molar-refractivity contribution in [3.63, 3.8) is 0 Å². The molecule has 1 amide bonds. The van der Waals surface area contributed by atoms with Crippen molar-refractivity contribution in [2.24, 2.45) is 5.92 Å². The summed E-state index contributed by atoms with van der Waals surface area (Å²) in [5.74, 6) is 6.81. The molecule has 206 valence electrons. The van der Waals surface area contributed by atoms with Gasteiger partial charge in [-0.15, -0.1) is 0 Å². The van der Waals surface area contributed by atoms with Crippen molar-refractivity contribution in [1.82, 2.24) is 29.4 Å². The first-order valence-electron chi connectivity index (χ1n) is 14.0. The Bertz CT molecular complexity index is 1870. The number of carbonyl (C=O) groups excluding carboxylic acids is 1. The Morgan fingerprint density at radius 1 is 1.07 bits per heavy atom. The van der Waals surface area contributed by atoms with E-state index < -0.39 is 6.04 Å². The van der Waals surface area contributed by atoms with Gasteiger partial charge in [0, 0.05) is 35.3 Å². The summed E-state index contributed by atoms with van der Waals surface area (Å²) in [7, 11) is 2.14. The van der Waals surface area contributed by atoms with Gasteiger partial charge in [0.25, 0.3) is 11.5 Å². The van der Waals surface area contributed by atoms with Gasteiger partial charge in [-0.1, -0.05) is 42.2 Å². The van der Waals surface area contributed by atoms with Crippen LogP contribution < -0.4 is 10.9 Å². The third kappa shape index (κ3) is 5.12. The second-order valence-electron chi connectivity index (χ2n) is 10.7. The summed E-state index contributed by atoms with van der Waals surface area (Å²) in [6.45, 7) is 5.75. The zero-order valence-electron chi connectivity index (χ0n) is 23.5. The van der Waals surface area contributed by atoms with Gasteiger partial charge in [0.2, 0.25) is 0 Å². The van der Waals surface area contributed by atoms with Gasteiger partial charge in [-0.3, -0.25) is 14.2 Å². The smallest absolute Gasteiger partial charge is 0.264 e. The summed E-state index contributed by atoms with van der Waals surface area (Å²) in [6, 6.07) is 18.6. The van der Waals surface area contributed by atoms with Crippen molar-refractivity contribution >= 4 is 22.3 Å². The fraction of sp³-hybridized carbons (Fsp3) is 0.273. The molecule has 1 saturated heterocycles. The van der Waals surface area contributed by atoms with Crippen LogP contribution in [0, 0.1) is 24.7 Å². The van der Waals surface area contributed by atoms with Crippen LogP contribution in [0.1, 0.15) is 53.1 Å². The number of rotatable bonds is 4. The summed E-state index contributed by atoms with van der Waals surface area (Å²) in [4.78, 5) is 34.5. The molecule has 8 heteroatoms. The van der Waals surface area contributed by atoms with E-state index in [1.807, 2.05) is 61.5 Å². The second-order valence-corrected chi connectivity index (χ2v) is 10.7. The van der Waals surface area contributed by atoms with E-state index in [9.17, 15) is 9.59 Å². The summed E-state index contributed by atoms with van der Waals surface area (Å²) in [5.41, 5.74) is 3.45. The van der Waals surface area contributed by atoms with Crippen molar-refractivity contribution in [2.45, 2.75) is 32.7 Å². The highest BCUT2D eigenvalue weighted by Gasteiger charge is 2.23. The minimum absolute atomic E-state index is 0.160. The number of aromatic nitrogens is 4. The molecule has 4 heterocycles. The van der Waals surface area contributed by atoms with E-state index in [1.165, 1.54) is 0 Å². The maximum Gasteiger partial charge on any atom is 0.264 e. The number of likely N-dealkylation sites (tertiary alicyclic amines) is 1. The van der Waals surface area contributed by atoms with Gasteiger partial charge in [-0.25, -0.2) is 9.50 Å². The quantitative estimate of drug-likeness (QED) is 0.336. The second kappa shape index (κ2) is 11.0. The molecule has 0 aliphatic carbocycles. The molecule has 0 spiro atoms. The minimum Gasteiger partial charge on any atom is -0.344 e. The average Bonchev–Trinajstić information content (AvgIpc) is 3.32. The summed E-state index contributed by atoms with van der Waals surface area (Å²) in [6.07, 6.45) is 5.47. The van der Waals surface area contributed by atoms with Crippen LogP contribution in [0.4, 0.5) is 0 Å². The topological polar surface area (TPSA) is 84.5 Å². The first-order valence-corrected chi connectivity index (χ1v) is 14.0. The SMILES string of the molecule is Cc1nn2cccnc2c1C(=O)N[C@H](C)c1cc2cccc(C#CC3CCN(C)CC3)c2c(=O)n1-c1ccccc1. The number of fused-ring (bicyclic) bond motifs is 2. The van der Waals surface area contributed by atoms with Crippen LogP contribution in [0.25, 0.3) is 22.1 Å². The van der Waals surface area contributed by atoms with Crippen molar-refractivity contribution < 1.29 is 4.79 Å². The van der Waals surface area contributed by atoms with Gasteiger partial charge in [-0.05, 0) is 82.5 Å². The molecule has 1 aliphatic heterocycles. The number of para-hydroxylation sites is 1. The molecule has 6 rings (SSSR count). The molecular weight excluding hydrogens is 512 g/mol. The van der Waals surface area contributed by atoms with Crippen LogP contribution in [-0.2, 0) is 0 Å². The van der Waals surface area contributed by atoms with E-state index in [2.05, 4.69) is 39.2 Å². The van der Waals surface area contributed by atoms with E-state index in [0.717, 1.165) is 42.6 Å². The van der Waals surface area contributed by atoms with Crippen LogP contribution >= 0.6 is 0 Å².